The maximum atomic E-state index is 12.6. The summed E-state index contributed by atoms with van der Waals surface area (Å²) in [4.78, 5) is 23.6. The molecule has 4 aromatic rings. The average molecular weight is 511 g/mol. The van der Waals surface area contributed by atoms with Crippen molar-refractivity contribution < 1.29 is 19.1 Å². The first-order valence-electron chi connectivity index (χ1n) is 12.9. The number of carboxylic acid groups (broad SMARTS) is 1. The van der Waals surface area contributed by atoms with Crippen molar-refractivity contribution in [3.8, 4) is 0 Å². The van der Waals surface area contributed by atoms with Gasteiger partial charge in [-0.2, -0.15) is 0 Å². The van der Waals surface area contributed by atoms with E-state index >= 15 is 0 Å². The van der Waals surface area contributed by atoms with Crippen molar-refractivity contribution >= 4 is 29.3 Å². The van der Waals surface area contributed by atoms with E-state index in [2.05, 4.69) is 33.0 Å². The summed E-state index contributed by atoms with van der Waals surface area (Å²) in [5.74, 6) is -0.637. The molecule has 0 aliphatic heterocycles. The zero-order chi connectivity index (χ0) is 26.3. The average Bonchev–Trinajstić information content (AvgIpc) is 3.40. The van der Waals surface area contributed by atoms with Crippen molar-refractivity contribution in [3.05, 3.63) is 101 Å². The minimum atomic E-state index is -0.717. The first-order valence-corrected chi connectivity index (χ1v) is 12.9. The van der Waals surface area contributed by atoms with Gasteiger partial charge in [-0.05, 0) is 84.9 Å². The Bertz CT molecular complexity index is 1360. The van der Waals surface area contributed by atoms with E-state index in [4.69, 9.17) is 9.52 Å². The van der Waals surface area contributed by atoms with E-state index in [9.17, 15) is 9.59 Å². The molecule has 1 fully saturated rings. The van der Waals surface area contributed by atoms with Crippen LogP contribution in [0.3, 0.4) is 0 Å². The Kier molecular flexibility index (Phi) is 7.78. The topological polar surface area (TPSA) is 117 Å². The van der Waals surface area contributed by atoms with Gasteiger partial charge >= 0.3 is 23.8 Å². The molecule has 0 unspecified atom stereocenters. The molecule has 0 atom stereocenters. The van der Waals surface area contributed by atoms with Gasteiger partial charge in [-0.1, -0.05) is 59.7 Å². The molecule has 1 aliphatic carbocycles. The van der Waals surface area contributed by atoms with Crippen LogP contribution in [0.25, 0.3) is 0 Å². The molecule has 3 aromatic carbocycles. The molecule has 1 heterocycles. The number of benzene rings is 3. The Balaban J connectivity index is 1.12. The Morgan fingerprint density at radius 3 is 2.16 bits per heavy atom. The fourth-order valence-electron chi connectivity index (χ4n) is 5.00. The summed E-state index contributed by atoms with van der Waals surface area (Å²) in [6.07, 6.45) is 4.93. The monoisotopic (exact) mass is 510 g/mol. The summed E-state index contributed by atoms with van der Waals surface area (Å²) >= 11 is 0. The van der Waals surface area contributed by atoms with E-state index in [1.165, 1.54) is 16.7 Å². The molecule has 1 saturated carbocycles. The first kappa shape index (κ1) is 25.2. The Morgan fingerprint density at radius 2 is 1.47 bits per heavy atom. The number of hydrogen-bond donors (Lipinski definition) is 3. The zero-order valence-electron chi connectivity index (χ0n) is 21.0. The standard InChI is InChI=1S/C30H30N4O4/c35-27(36)19-22-6-10-23(11-7-22)24-12-16-25(17-13-24)31-28(37)29-33-34-30(38-29)32-26-14-8-21(9-15-26)18-20-4-2-1-3-5-20/h1-5,8-9,12-17,22-23H,6-7,10-11,18-19H2,(H,31,37)(H,32,34)(H,35,36)/t22-,23-. The van der Waals surface area contributed by atoms with Crippen molar-refractivity contribution in [2.45, 2.75) is 44.4 Å². The van der Waals surface area contributed by atoms with Crippen molar-refractivity contribution in [2.75, 3.05) is 10.6 Å². The highest BCUT2D eigenvalue weighted by Crippen LogP contribution is 2.37. The number of nitrogens with zero attached hydrogens (tertiary/aromatic N) is 2. The predicted molar refractivity (Wildman–Crippen MR) is 145 cm³/mol. The van der Waals surface area contributed by atoms with Gasteiger partial charge in [-0.15, -0.1) is 5.10 Å². The van der Waals surface area contributed by atoms with Crippen molar-refractivity contribution in [3.63, 3.8) is 0 Å². The van der Waals surface area contributed by atoms with Crippen LogP contribution in [0.4, 0.5) is 17.4 Å². The molecule has 0 saturated heterocycles. The number of carboxylic acids is 1. The van der Waals surface area contributed by atoms with Gasteiger partial charge in [0.1, 0.15) is 0 Å². The van der Waals surface area contributed by atoms with Gasteiger partial charge in [0.25, 0.3) is 0 Å². The van der Waals surface area contributed by atoms with Crippen LogP contribution in [0, 0.1) is 5.92 Å². The van der Waals surface area contributed by atoms with Gasteiger partial charge in [-0.25, -0.2) is 0 Å². The minimum absolute atomic E-state index is 0.131. The highest BCUT2D eigenvalue weighted by atomic mass is 16.4. The third-order valence-corrected chi connectivity index (χ3v) is 7.03. The summed E-state index contributed by atoms with van der Waals surface area (Å²) in [7, 11) is 0. The number of amides is 1. The largest absolute Gasteiger partial charge is 0.481 e. The molecular formula is C30H30N4O4. The number of anilines is 3. The van der Waals surface area contributed by atoms with Crippen LogP contribution in [-0.4, -0.2) is 27.2 Å². The fourth-order valence-corrected chi connectivity index (χ4v) is 5.00. The Morgan fingerprint density at radius 1 is 0.816 bits per heavy atom. The van der Waals surface area contributed by atoms with E-state index in [0.29, 0.717) is 11.6 Å². The maximum absolute atomic E-state index is 12.6. The lowest BCUT2D eigenvalue weighted by Crippen LogP contribution is -2.16. The molecule has 1 aliphatic rings. The summed E-state index contributed by atoms with van der Waals surface area (Å²) < 4.78 is 5.52. The molecule has 8 heteroatoms. The van der Waals surface area contributed by atoms with Crippen molar-refractivity contribution in [1.29, 1.82) is 0 Å². The number of carbonyl (C=O) groups is 2. The van der Waals surface area contributed by atoms with Gasteiger partial charge in [0.15, 0.2) is 0 Å². The van der Waals surface area contributed by atoms with E-state index in [-0.39, 0.29) is 24.2 Å². The van der Waals surface area contributed by atoms with Crippen LogP contribution in [0.5, 0.6) is 0 Å². The summed E-state index contributed by atoms with van der Waals surface area (Å²) in [6.45, 7) is 0. The molecule has 0 radical (unpaired) electrons. The number of aliphatic carboxylic acids is 1. The van der Waals surface area contributed by atoms with E-state index in [1.807, 2.05) is 66.7 Å². The second-order valence-corrected chi connectivity index (χ2v) is 9.79. The number of nitrogens with one attached hydrogen (secondary N) is 2. The molecule has 0 spiro atoms. The molecule has 1 amide bonds. The highest BCUT2D eigenvalue weighted by molar-refractivity contribution is 6.00. The molecular weight excluding hydrogens is 480 g/mol. The smallest absolute Gasteiger partial charge is 0.320 e. The van der Waals surface area contributed by atoms with Crippen LogP contribution in [0.1, 0.15) is 65.4 Å². The normalized spacial score (nSPS) is 17.1. The molecule has 3 N–H and O–H groups in total. The second-order valence-electron chi connectivity index (χ2n) is 9.79. The first-order chi connectivity index (χ1) is 18.5. The SMILES string of the molecule is O=C(O)C[C@H]1CC[C@H](c2ccc(NC(=O)c3nnc(Nc4ccc(Cc5ccccc5)cc4)o3)cc2)CC1. The second kappa shape index (κ2) is 11.7. The van der Waals surface area contributed by atoms with E-state index in [1.54, 1.807) is 0 Å². The van der Waals surface area contributed by atoms with E-state index in [0.717, 1.165) is 37.8 Å². The van der Waals surface area contributed by atoms with Crippen molar-refractivity contribution in [2.24, 2.45) is 5.92 Å². The number of hydrogen-bond acceptors (Lipinski definition) is 6. The number of rotatable bonds is 9. The van der Waals surface area contributed by atoms with Gasteiger partial charge in [-0.3, -0.25) is 9.59 Å². The Labute approximate surface area is 221 Å². The third-order valence-electron chi connectivity index (χ3n) is 7.03. The lowest BCUT2D eigenvalue weighted by atomic mass is 9.77. The number of aromatic nitrogens is 2. The van der Waals surface area contributed by atoms with Crippen LogP contribution >= 0.6 is 0 Å². The third kappa shape index (κ3) is 6.64. The molecule has 0 bridgehead atoms. The molecule has 38 heavy (non-hydrogen) atoms. The summed E-state index contributed by atoms with van der Waals surface area (Å²) in [6, 6.07) is 26.1. The maximum Gasteiger partial charge on any atom is 0.320 e. The predicted octanol–water partition coefficient (Wildman–Crippen LogP) is 6.40. The van der Waals surface area contributed by atoms with E-state index < -0.39 is 11.9 Å². The van der Waals surface area contributed by atoms with Gasteiger partial charge < -0.3 is 20.2 Å². The van der Waals surface area contributed by atoms with Gasteiger partial charge in [0.05, 0.1) is 0 Å². The summed E-state index contributed by atoms with van der Waals surface area (Å²) in [5.41, 5.74) is 5.06. The minimum Gasteiger partial charge on any atom is -0.481 e. The molecule has 1 aromatic heterocycles. The number of carbonyl (C=O) groups excluding carboxylic acids is 1. The van der Waals surface area contributed by atoms with Crippen LogP contribution in [0.2, 0.25) is 0 Å². The fraction of sp³-hybridized carbons (Fsp3) is 0.267. The molecule has 8 nitrogen and oxygen atoms in total. The molecule has 5 rings (SSSR count). The van der Waals surface area contributed by atoms with Crippen LogP contribution < -0.4 is 10.6 Å². The Hall–Kier alpha value is -4.46. The van der Waals surface area contributed by atoms with Crippen LogP contribution in [0.15, 0.2) is 83.3 Å². The van der Waals surface area contributed by atoms with Crippen LogP contribution in [-0.2, 0) is 11.2 Å². The molecule has 194 valence electrons. The van der Waals surface area contributed by atoms with Gasteiger partial charge in [0.2, 0.25) is 0 Å². The zero-order valence-corrected chi connectivity index (χ0v) is 21.0. The highest BCUT2D eigenvalue weighted by Gasteiger charge is 2.24. The lowest BCUT2D eigenvalue weighted by Gasteiger charge is -2.28. The summed E-state index contributed by atoms with van der Waals surface area (Å²) in [5, 5.41) is 22.6. The van der Waals surface area contributed by atoms with Gasteiger partial charge in [0, 0.05) is 17.8 Å². The van der Waals surface area contributed by atoms with Crippen molar-refractivity contribution in [1.82, 2.24) is 10.2 Å². The lowest BCUT2D eigenvalue weighted by molar-refractivity contribution is -0.138. The quantitative estimate of drug-likeness (QED) is 0.238.